The van der Waals surface area contributed by atoms with Crippen molar-refractivity contribution in [3.05, 3.63) is 102 Å². The van der Waals surface area contributed by atoms with Gasteiger partial charge in [0.05, 0.1) is 13.2 Å². The van der Waals surface area contributed by atoms with Gasteiger partial charge in [-0.15, -0.1) is 0 Å². The van der Waals surface area contributed by atoms with Crippen molar-refractivity contribution in [2.24, 2.45) is 0 Å². The summed E-state index contributed by atoms with van der Waals surface area (Å²) in [6, 6.07) is 28.6. The van der Waals surface area contributed by atoms with Crippen molar-refractivity contribution in [1.82, 2.24) is 0 Å². The maximum Gasteiger partial charge on any atom is 0.184 e. The van der Waals surface area contributed by atoms with Crippen LogP contribution in [0, 0.1) is 0 Å². The highest BCUT2D eigenvalue weighted by Gasteiger charge is 2.46. The number of ether oxygens (including phenoxy) is 4. The summed E-state index contributed by atoms with van der Waals surface area (Å²) in [6.45, 7) is 0.598. The molecule has 1 aliphatic heterocycles. The molecule has 6 heteroatoms. The first-order valence-corrected chi connectivity index (χ1v) is 10.7. The number of hydrogen-bond acceptors (Lipinski definition) is 6. The monoisotopic (exact) mass is 436 g/mol. The molecular weight excluding hydrogens is 408 g/mol. The van der Waals surface area contributed by atoms with Gasteiger partial charge >= 0.3 is 0 Å². The second-order valence-corrected chi connectivity index (χ2v) is 7.70. The standard InChI is InChI=1S/C26H28O6/c27-23-22(18-29-21-14-8-3-9-15-21)32-26(28)25(31-17-20-12-6-2-7-13-20)24(23)30-16-19-10-4-1-5-11-19/h1-15,22-28H,16-18H2/t22?,23-,24?,25?,26+/m1/s1. The smallest absolute Gasteiger partial charge is 0.184 e. The normalized spacial score (nSPS) is 25.4. The van der Waals surface area contributed by atoms with Gasteiger partial charge in [0.25, 0.3) is 0 Å². The predicted octanol–water partition coefficient (Wildman–Crippen LogP) is 3.31. The first-order valence-electron chi connectivity index (χ1n) is 10.7. The van der Waals surface area contributed by atoms with Crippen molar-refractivity contribution in [3.8, 4) is 5.75 Å². The fourth-order valence-electron chi connectivity index (χ4n) is 3.64. The summed E-state index contributed by atoms with van der Waals surface area (Å²) in [7, 11) is 0. The molecule has 0 aromatic heterocycles. The van der Waals surface area contributed by atoms with E-state index in [-0.39, 0.29) is 19.8 Å². The van der Waals surface area contributed by atoms with Crippen molar-refractivity contribution in [2.75, 3.05) is 6.61 Å². The Kier molecular flexibility index (Phi) is 7.87. The third-order valence-electron chi connectivity index (χ3n) is 5.36. The molecule has 3 aromatic rings. The van der Waals surface area contributed by atoms with Gasteiger partial charge in [0.2, 0.25) is 0 Å². The van der Waals surface area contributed by atoms with E-state index in [1.54, 1.807) is 0 Å². The van der Waals surface area contributed by atoms with Crippen LogP contribution in [0.5, 0.6) is 5.75 Å². The molecule has 1 saturated heterocycles. The van der Waals surface area contributed by atoms with Crippen LogP contribution in [0.1, 0.15) is 11.1 Å². The van der Waals surface area contributed by atoms with Crippen molar-refractivity contribution in [2.45, 2.75) is 43.9 Å². The van der Waals surface area contributed by atoms with Gasteiger partial charge in [0, 0.05) is 0 Å². The zero-order valence-corrected chi connectivity index (χ0v) is 17.7. The van der Waals surface area contributed by atoms with Crippen LogP contribution in [0.3, 0.4) is 0 Å². The molecule has 0 spiro atoms. The minimum atomic E-state index is -1.27. The Labute approximate surface area is 188 Å². The fourth-order valence-corrected chi connectivity index (χ4v) is 3.64. The summed E-state index contributed by atoms with van der Waals surface area (Å²) in [5.41, 5.74) is 1.91. The largest absolute Gasteiger partial charge is 0.491 e. The van der Waals surface area contributed by atoms with E-state index in [2.05, 4.69) is 0 Å². The molecule has 1 heterocycles. The predicted molar refractivity (Wildman–Crippen MR) is 119 cm³/mol. The first kappa shape index (κ1) is 22.5. The molecule has 0 aliphatic carbocycles. The first-order chi connectivity index (χ1) is 15.7. The van der Waals surface area contributed by atoms with Gasteiger partial charge in [-0.2, -0.15) is 0 Å². The third-order valence-corrected chi connectivity index (χ3v) is 5.36. The molecule has 168 valence electrons. The highest BCUT2D eigenvalue weighted by Crippen LogP contribution is 2.27. The zero-order chi connectivity index (χ0) is 22.2. The number of hydrogen-bond donors (Lipinski definition) is 2. The molecule has 6 nitrogen and oxygen atoms in total. The molecule has 0 saturated carbocycles. The van der Waals surface area contributed by atoms with Crippen LogP contribution in [0.4, 0.5) is 0 Å². The summed E-state index contributed by atoms with van der Waals surface area (Å²) in [5, 5.41) is 21.8. The maximum absolute atomic E-state index is 11.0. The second kappa shape index (κ2) is 11.2. The second-order valence-electron chi connectivity index (χ2n) is 7.70. The van der Waals surface area contributed by atoms with Crippen LogP contribution in [0.25, 0.3) is 0 Å². The third kappa shape index (κ3) is 5.94. The van der Waals surface area contributed by atoms with E-state index in [1.165, 1.54) is 0 Å². The number of aliphatic hydroxyl groups excluding tert-OH is 2. The lowest BCUT2D eigenvalue weighted by molar-refractivity contribution is -0.306. The van der Waals surface area contributed by atoms with Crippen LogP contribution < -0.4 is 4.74 Å². The average molecular weight is 437 g/mol. The average Bonchev–Trinajstić information content (AvgIpc) is 2.84. The van der Waals surface area contributed by atoms with Crippen LogP contribution in [-0.2, 0) is 27.4 Å². The molecule has 0 amide bonds. The Hall–Kier alpha value is -2.74. The van der Waals surface area contributed by atoms with Gasteiger partial charge < -0.3 is 29.2 Å². The SMILES string of the molecule is O[C@@H]1C(COc2ccccc2)O[C@H](O)C(OCc2ccccc2)C1OCc1ccccc1. The van der Waals surface area contributed by atoms with Gasteiger partial charge in [0.1, 0.15) is 36.8 Å². The summed E-state index contributed by atoms with van der Waals surface area (Å²) in [6.07, 6.45) is -4.75. The van der Waals surface area contributed by atoms with Crippen LogP contribution in [-0.4, -0.2) is 47.5 Å². The van der Waals surface area contributed by atoms with E-state index < -0.39 is 30.7 Å². The molecule has 0 bridgehead atoms. The van der Waals surface area contributed by atoms with Gasteiger partial charge in [-0.3, -0.25) is 0 Å². The Morgan fingerprint density at radius 2 is 1.16 bits per heavy atom. The molecule has 3 unspecified atom stereocenters. The molecule has 32 heavy (non-hydrogen) atoms. The van der Waals surface area contributed by atoms with Gasteiger partial charge in [0.15, 0.2) is 6.29 Å². The van der Waals surface area contributed by atoms with E-state index in [0.29, 0.717) is 5.75 Å². The topological polar surface area (TPSA) is 77.4 Å². The number of benzene rings is 3. The lowest BCUT2D eigenvalue weighted by Gasteiger charge is -2.42. The Balaban J connectivity index is 1.45. The molecule has 2 N–H and O–H groups in total. The van der Waals surface area contributed by atoms with E-state index in [1.807, 2.05) is 91.0 Å². The molecule has 0 radical (unpaired) electrons. The molecule has 5 atom stereocenters. The fraction of sp³-hybridized carbons (Fsp3) is 0.308. The minimum Gasteiger partial charge on any atom is -0.491 e. The van der Waals surface area contributed by atoms with Crippen LogP contribution >= 0.6 is 0 Å². The number of rotatable bonds is 9. The molecule has 1 fully saturated rings. The molecule has 3 aromatic carbocycles. The van der Waals surface area contributed by atoms with E-state index in [0.717, 1.165) is 11.1 Å². The highest BCUT2D eigenvalue weighted by molar-refractivity contribution is 5.21. The number of aliphatic hydroxyl groups is 2. The highest BCUT2D eigenvalue weighted by atomic mass is 16.7. The Bertz CT molecular complexity index is 921. The summed E-state index contributed by atoms with van der Waals surface area (Å²) >= 11 is 0. The summed E-state index contributed by atoms with van der Waals surface area (Å²) in [4.78, 5) is 0. The Morgan fingerprint density at radius 1 is 0.656 bits per heavy atom. The lowest BCUT2D eigenvalue weighted by atomic mass is 9.98. The maximum atomic E-state index is 11.0. The molecule has 1 aliphatic rings. The zero-order valence-electron chi connectivity index (χ0n) is 17.7. The van der Waals surface area contributed by atoms with E-state index >= 15 is 0 Å². The van der Waals surface area contributed by atoms with Gasteiger partial charge in [-0.1, -0.05) is 78.9 Å². The van der Waals surface area contributed by atoms with Crippen molar-refractivity contribution in [3.63, 3.8) is 0 Å². The summed E-state index contributed by atoms with van der Waals surface area (Å²) < 4.78 is 23.5. The van der Waals surface area contributed by atoms with Gasteiger partial charge in [-0.25, -0.2) is 0 Å². The quantitative estimate of drug-likeness (QED) is 0.536. The Morgan fingerprint density at radius 3 is 1.72 bits per heavy atom. The van der Waals surface area contributed by atoms with Crippen molar-refractivity contribution >= 4 is 0 Å². The van der Waals surface area contributed by atoms with Crippen molar-refractivity contribution in [1.29, 1.82) is 0 Å². The molecule has 4 rings (SSSR count). The van der Waals surface area contributed by atoms with E-state index in [4.69, 9.17) is 18.9 Å². The van der Waals surface area contributed by atoms with Gasteiger partial charge in [-0.05, 0) is 23.3 Å². The number of para-hydroxylation sites is 1. The summed E-state index contributed by atoms with van der Waals surface area (Å²) in [5.74, 6) is 0.655. The van der Waals surface area contributed by atoms with E-state index in [9.17, 15) is 10.2 Å². The van der Waals surface area contributed by atoms with Crippen LogP contribution in [0.2, 0.25) is 0 Å². The van der Waals surface area contributed by atoms with Crippen molar-refractivity contribution < 1.29 is 29.2 Å². The van der Waals surface area contributed by atoms with Crippen LogP contribution in [0.15, 0.2) is 91.0 Å². The molecular formula is C26H28O6. The lowest BCUT2D eigenvalue weighted by Crippen LogP contribution is -2.60. The minimum absolute atomic E-state index is 0.0683.